The predicted molar refractivity (Wildman–Crippen MR) is 75.4 cm³/mol. The first-order valence-corrected chi connectivity index (χ1v) is 6.75. The van der Waals surface area contributed by atoms with Crippen LogP contribution in [0, 0.1) is 0 Å². The molecule has 0 aliphatic carbocycles. The fourth-order valence-corrected chi connectivity index (χ4v) is 1.84. The van der Waals surface area contributed by atoms with Gasteiger partial charge in [-0.15, -0.1) is 0 Å². The largest absolute Gasteiger partial charge is 0.491 e. The number of nitrogens with one attached hydrogen (secondary N) is 2. The number of hydrogen-bond donors (Lipinski definition) is 3. The minimum atomic E-state index is -4.36. The lowest BCUT2D eigenvalue weighted by atomic mass is 10.2. The highest BCUT2D eigenvalue weighted by atomic mass is 19.4. The van der Waals surface area contributed by atoms with Crippen molar-refractivity contribution in [2.45, 2.75) is 18.8 Å². The fraction of sp³-hybridized carbons (Fsp3) is 0.333. The van der Waals surface area contributed by atoms with Gasteiger partial charge in [0, 0.05) is 25.5 Å². The third kappa shape index (κ3) is 5.09. The number of benzene rings is 1. The van der Waals surface area contributed by atoms with Crippen LogP contribution in [0.1, 0.15) is 11.1 Å². The summed E-state index contributed by atoms with van der Waals surface area (Å²) < 4.78 is 42.5. The van der Waals surface area contributed by atoms with E-state index in [-0.39, 0.29) is 12.4 Å². The summed E-state index contributed by atoms with van der Waals surface area (Å²) in [6, 6.07) is 6.29. The monoisotopic (exact) mass is 314 g/mol. The van der Waals surface area contributed by atoms with E-state index in [1.165, 1.54) is 12.1 Å². The third-order valence-electron chi connectivity index (χ3n) is 3.00. The smallest absolute Gasteiger partial charge is 0.416 e. The number of hydrogen-bond acceptors (Lipinski definition) is 3. The van der Waals surface area contributed by atoms with E-state index in [4.69, 9.17) is 4.74 Å². The molecule has 1 aromatic carbocycles. The summed E-state index contributed by atoms with van der Waals surface area (Å²) in [5, 5.41) is 12.8. The first-order chi connectivity index (χ1) is 10.4. The number of H-pyrrole nitrogens is 1. The molecule has 0 saturated carbocycles. The van der Waals surface area contributed by atoms with Gasteiger partial charge in [-0.05, 0) is 35.9 Å². The molecule has 0 radical (unpaired) electrons. The lowest BCUT2D eigenvalue weighted by Crippen LogP contribution is -2.31. The van der Waals surface area contributed by atoms with E-state index in [9.17, 15) is 18.3 Å². The number of aliphatic hydroxyl groups is 1. The topological polar surface area (TPSA) is 57.3 Å². The zero-order chi connectivity index (χ0) is 16.0. The quantitative estimate of drug-likeness (QED) is 0.736. The summed E-state index contributed by atoms with van der Waals surface area (Å²) in [5.74, 6) is 0.290. The first-order valence-electron chi connectivity index (χ1n) is 6.75. The average molecular weight is 314 g/mol. The van der Waals surface area contributed by atoms with E-state index >= 15 is 0 Å². The Balaban J connectivity index is 1.70. The van der Waals surface area contributed by atoms with E-state index in [1.807, 2.05) is 12.3 Å². The molecule has 1 aromatic heterocycles. The molecule has 0 bridgehead atoms. The fourth-order valence-electron chi connectivity index (χ4n) is 1.84. The molecule has 1 heterocycles. The van der Waals surface area contributed by atoms with Crippen LogP contribution in [0.4, 0.5) is 13.2 Å². The Kier molecular flexibility index (Phi) is 5.46. The van der Waals surface area contributed by atoms with Crippen molar-refractivity contribution in [3.8, 4) is 5.75 Å². The predicted octanol–water partition coefficient (Wildman–Crippen LogP) is 2.56. The summed E-state index contributed by atoms with van der Waals surface area (Å²) in [7, 11) is 0. The maximum absolute atomic E-state index is 12.4. The van der Waals surface area contributed by atoms with Crippen molar-refractivity contribution >= 4 is 0 Å². The van der Waals surface area contributed by atoms with Gasteiger partial charge >= 0.3 is 6.18 Å². The summed E-state index contributed by atoms with van der Waals surface area (Å²) in [6.07, 6.45) is -1.46. The molecule has 22 heavy (non-hydrogen) atoms. The van der Waals surface area contributed by atoms with Crippen LogP contribution in [0.15, 0.2) is 42.7 Å². The lowest BCUT2D eigenvalue weighted by molar-refractivity contribution is -0.137. The van der Waals surface area contributed by atoms with Crippen molar-refractivity contribution in [1.29, 1.82) is 0 Å². The second-order valence-electron chi connectivity index (χ2n) is 4.84. The summed E-state index contributed by atoms with van der Waals surface area (Å²) in [4.78, 5) is 2.92. The van der Waals surface area contributed by atoms with Crippen molar-refractivity contribution in [3.63, 3.8) is 0 Å². The molecule has 3 N–H and O–H groups in total. The molecule has 0 fully saturated rings. The van der Waals surface area contributed by atoms with E-state index in [0.717, 1.165) is 17.7 Å². The Morgan fingerprint density at radius 1 is 1.18 bits per heavy atom. The maximum atomic E-state index is 12.4. The van der Waals surface area contributed by atoms with Gasteiger partial charge in [-0.2, -0.15) is 13.2 Å². The van der Waals surface area contributed by atoms with E-state index in [0.29, 0.717) is 13.1 Å². The zero-order valence-electron chi connectivity index (χ0n) is 11.7. The molecule has 7 heteroatoms. The number of aromatic amines is 1. The van der Waals surface area contributed by atoms with Crippen LogP contribution in [-0.2, 0) is 12.7 Å². The highest BCUT2D eigenvalue weighted by molar-refractivity contribution is 5.28. The minimum Gasteiger partial charge on any atom is -0.491 e. The van der Waals surface area contributed by atoms with Crippen molar-refractivity contribution in [3.05, 3.63) is 53.9 Å². The molecule has 0 aliphatic rings. The van der Waals surface area contributed by atoms with Crippen LogP contribution in [0.3, 0.4) is 0 Å². The van der Waals surface area contributed by atoms with Gasteiger partial charge in [0.15, 0.2) is 0 Å². The number of aromatic nitrogens is 1. The maximum Gasteiger partial charge on any atom is 0.416 e. The van der Waals surface area contributed by atoms with Crippen molar-refractivity contribution in [2.24, 2.45) is 0 Å². The Hall–Kier alpha value is -1.99. The molecule has 0 saturated heterocycles. The molecule has 0 aliphatic heterocycles. The molecule has 1 unspecified atom stereocenters. The summed E-state index contributed by atoms with van der Waals surface area (Å²) >= 11 is 0. The molecule has 2 aromatic rings. The normalized spacial score (nSPS) is 13.1. The lowest BCUT2D eigenvalue weighted by Gasteiger charge is -2.13. The third-order valence-corrected chi connectivity index (χ3v) is 3.00. The van der Waals surface area contributed by atoms with Gasteiger partial charge in [-0.3, -0.25) is 0 Å². The molecule has 1 atom stereocenters. The molecule has 4 nitrogen and oxygen atoms in total. The average Bonchev–Trinajstić information content (AvgIpc) is 2.98. The Morgan fingerprint density at radius 3 is 2.50 bits per heavy atom. The van der Waals surface area contributed by atoms with Crippen LogP contribution < -0.4 is 10.1 Å². The van der Waals surface area contributed by atoms with Crippen LogP contribution in [-0.4, -0.2) is 29.3 Å². The molecule has 120 valence electrons. The second-order valence-corrected chi connectivity index (χ2v) is 4.84. The molecule has 2 rings (SSSR count). The van der Waals surface area contributed by atoms with E-state index < -0.39 is 17.8 Å². The minimum absolute atomic E-state index is 0.00546. The summed E-state index contributed by atoms with van der Waals surface area (Å²) in [5.41, 5.74) is 0.337. The van der Waals surface area contributed by atoms with Crippen LogP contribution in [0.25, 0.3) is 0 Å². The second kappa shape index (κ2) is 7.33. The SMILES string of the molecule is OC(CNCc1cc[nH]c1)COc1ccc(C(F)(F)F)cc1. The van der Waals surface area contributed by atoms with Gasteiger partial charge in [-0.25, -0.2) is 0 Å². The summed E-state index contributed by atoms with van der Waals surface area (Å²) in [6.45, 7) is 0.943. The van der Waals surface area contributed by atoms with Gasteiger partial charge in [0.05, 0.1) is 5.56 Å². The van der Waals surface area contributed by atoms with Gasteiger partial charge in [-0.1, -0.05) is 0 Å². The molecular formula is C15H17F3N2O2. The highest BCUT2D eigenvalue weighted by Gasteiger charge is 2.30. The van der Waals surface area contributed by atoms with Gasteiger partial charge in [0.1, 0.15) is 18.5 Å². The Bertz CT molecular complexity index is 553. The van der Waals surface area contributed by atoms with Crippen LogP contribution in [0.5, 0.6) is 5.75 Å². The van der Waals surface area contributed by atoms with Crippen LogP contribution in [0.2, 0.25) is 0 Å². The number of aliphatic hydroxyl groups excluding tert-OH is 1. The van der Waals surface area contributed by atoms with E-state index in [2.05, 4.69) is 10.3 Å². The molecule has 0 spiro atoms. The number of ether oxygens (including phenoxy) is 1. The molecular weight excluding hydrogens is 297 g/mol. The Labute approximate surface area is 125 Å². The Morgan fingerprint density at radius 2 is 1.91 bits per heavy atom. The van der Waals surface area contributed by atoms with Gasteiger partial charge in [0.25, 0.3) is 0 Å². The van der Waals surface area contributed by atoms with Crippen molar-refractivity contribution in [2.75, 3.05) is 13.2 Å². The highest BCUT2D eigenvalue weighted by Crippen LogP contribution is 2.30. The van der Waals surface area contributed by atoms with Crippen molar-refractivity contribution < 1.29 is 23.0 Å². The number of halogens is 3. The first kappa shape index (κ1) is 16.4. The standard InChI is InChI=1S/C15H17F3N2O2/c16-15(17,18)12-1-3-14(4-2-12)22-10-13(21)9-20-8-11-5-6-19-7-11/h1-7,13,19-21H,8-10H2. The zero-order valence-corrected chi connectivity index (χ0v) is 11.7. The van der Waals surface area contributed by atoms with Crippen molar-refractivity contribution in [1.82, 2.24) is 10.3 Å². The van der Waals surface area contributed by atoms with E-state index in [1.54, 1.807) is 6.20 Å². The molecule has 0 amide bonds. The number of alkyl halides is 3. The van der Waals surface area contributed by atoms with Gasteiger partial charge < -0.3 is 20.1 Å². The number of rotatable bonds is 7. The van der Waals surface area contributed by atoms with Gasteiger partial charge in [0.2, 0.25) is 0 Å². The van der Waals surface area contributed by atoms with Crippen LogP contribution >= 0.6 is 0 Å².